The number of primary amides is 2. The average molecular weight is 304 g/mol. The highest BCUT2D eigenvalue weighted by Gasteiger charge is 2.20. The molecule has 0 unspecified atom stereocenters. The van der Waals surface area contributed by atoms with Crippen LogP contribution in [0.2, 0.25) is 0 Å². The number of anilines is 2. The summed E-state index contributed by atoms with van der Waals surface area (Å²) in [6.07, 6.45) is 1.83. The second-order valence-electron chi connectivity index (χ2n) is 4.19. The van der Waals surface area contributed by atoms with Gasteiger partial charge in [-0.05, 0) is 12.1 Å². The van der Waals surface area contributed by atoms with Crippen molar-refractivity contribution in [1.82, 2.24) is 10.2 Å². The number of nitrogens with two attached hydrogens (primary N) is 4. The fourth-order valence-electron chi connectivity index (χ4n) is 1.84. The summed E-state index contributed by atoms with van der Waals surface area (Å²) in [5.74, 6) is 11.1. The van der Waals surface area contributed by atoms with Gasteiger partial charge in [0.05, 0.1) is 17.6 Å². The molecule has 2 rings (SSSR count). The SMILES string of the molecule is NC(=O)N(N)c1cc2cnnc(C=O)c2cc1N(N)C(N)=O. The van der Waals surface area contributed by atoms with Crippen LogP contribution in [-0.4, -0.2) is 28.5 Å². The molecule has 1 heterocycles. The van der Waals surface area contributed by atoms with Gasteiger partial charge in [0.15, 0.2) is 6.29 Å². The first-order valence-electron chi connectivity index (χ1n) is 5.80. The van der Waals surface area contributed by atoms with E-state index in [1.165, 1.54) is 18.3 Å². The average Bonchev–Trinajstić information content (AvgIpc) is 2.51. The van der Waals surface area contributed by atoms with Crippen molar-refractivity contribution in [3.63, 3.8) is 0 Å². The minimum Gasteiger partial charge on any atom is -0.350 e. The molecule has 0 aliphatic rings. The van der Waals surface area contributed by atoms with Crippen LogP contribution >= 0.6 is 0 Å². The number of aldehydes is 1. The Balaban J connectivity index is 2.81. The van der Waals surface area contributed by atoms with Gasteiger partial charge in [-0.25, -0.2) is 31.3 Å². The van der Waals surface area contributed by atoms with Gasteiger partial charge in [-0.15, -0.1) is 5.10 Å². The number of hydrazine groups is 2. The van der Waals surface area contributed by atoms with Gasteiger partial charge >= 0.3 is 12.1 Å². The van der Waals surface area contributed by atoms with Gasteiger partial charge in [0, 0.05) is 10.8 Å². The molecular weight excluding hydrogens is 292 g/mol. The third-order valence-corrected chi connectivity index (χ3v) is 2.89. The maximum Gasteiger partial charge on any atom is 0.333 e. The van der Waals surface area contributed by atoms with Gasteiger partial charge < -0.3 is 11.5 Å². The zero-order valence-electron chi connectivity index (χ0n) is 11.1. The van der Waals surface area contributed by atoms with E-state index >= 15 is 0 Å². The third-order valence-electron chi connectivity index (χ3n) is 2.89. The molecule has 1 aromatic heterocycles. The van der Waals surface area contributed by atoms with Crippen LogP contribution in [0.4, 0.5) is 21.0 Å². The van der Waals surface area contributed by atoms with Crippen molar-refractivity contribution in [2.45, 2.75) is 0 Å². The van der Waals surface area contributed by atoms with E-state index < -0.39 is 12.1 Å². The standard InChI is InChI=1S/C11H12N8O3/c12-10(21)18(14)8-1-5-3-16-17-7(4-20)6(5)2-9(8)19(15)11(13)22/h1-4H,14-15H2,(H2,12,21)(H2,13,22). The molecule has 8 N–H and O–H groups in total. The molecule has 1 aromatic carbocycles. The summed E-state index contributed by atoms with van der Waals surface area (Å²) in [6.45, 7) is 0. The fourth-order valence-corrected chi connectivity index (χ4v) is 1.84. The predicted molar refractivity (Wildman–Crippen MR) is 77.4 cm³/mol. The zero-order valence-corrected chi connectivity index (χ0v) is 11.1. The second kappa shape index (κ2) is 5.59. The number of nitrogens with zero attached hydrogens (tertiary/aromatic N) is 4. The van der Waals surface area contributed by atoms with Crippen LogP contribution in [0.3, 0.4) is 0 Å². The highest BCUT2D eigenvalue weighted by Crippen LogP contribution is 2.32. The van der Waals surface area contributed by atoms with Crippen LogP contribution in [0.25, 0.3) is 10.8 Å². The number of benzene rings is 1. The van der Waals surface area contributed by atoms with Crippen molar-refractivity contribution in [3.05, 3.63) is 24.0 Å². The molecule has 2 aromatic rings. The van der Waals surface area contributed by atoms with Crippen LogP contribution in [0.15, 0.2) is 18.3 Å². The van der Waals surface area contributed by atoms with E-state index in [0.717, 1.165) is 0 Å². The predicted octanol–water partition coefficient (Wildman–Crippen LogP) is -1.04. The molecule has 0 radical (unpaired) electrons. The topological polar surface area (TPSA) is 188 Å². The van der Waals surface area contributed by atoms with E-state index in [1.807, 2.05) is 0 Å². The van der Waals surface area contributed by atoms with E-state index in [0.29, 0.717) is 27.1 Å². The number of urea groups is 2. The molecule has 22 heavy (non-hydrogen) atoms. The molecule has 0 bridgehead atoms. The van der Waals surface area contributed by atoms with Crippen molar-refractivity contribution < 1.29 is 14.4 Å². The Morgan fingerprint density at radius 3 is 2.09 bits per heavy atom. The lowest BCUT2D eigenvalue weighted by molar-refractivity contribution is 0.111. The highest BCUT2D eigenvalue weighted by atomic mass is 16.2. The van der Waals surface area contributed by atoms with Gasteiger partial charge in [0.25, 0.3) is 0 Å². The Kier molecular flexibility index (Phi) is 3.83. The molecule has 11 heteroatoms. The lowest BCUT2D eigenvalue weighted by Gasteiger charge is -2.23. The summed E-state index contributed by atoms with van der Waals surface area (Å²) >= 11 is 0. The molecule has 114 valence electrons. The van der Waals surface area contributed by atoms with E-state index in [1.54, 1.807) is 0 Å². The molecule has 11 nitrogen and oxygen atoms in total. The normalized spacial score (nSPS) is 10.3. The van der Waals surface area contributed by atoms with Gasteiger partial charge in [-0.3, -0.25) is 4.79 Å². The summed E-state index contributed by atoms with van der Waals surface area (Å²) in [4.78, 5) is 33.6. The Labute approximate surface area is 123 Å². The van der Waals surface area contributed by atoms with Crippen molar-refractivity contribution >= 4 is 40.5 Å². The van der Waals surface area contributed by atoms with Crippen LogP contribution in [0.1, 0.15) is 10.5 Å². The second-order valence-corrected chi connectivity index (χ2v) is 4.19. The number of carbonyl (C=O) groups is 3. The molecular formula is C11H12N8O3. The molecule has 0 spiro atoms. The fraction of sp³-hybridized carbons (Fsp3) is 0. The van der Waals surface area contributed by atoms with Crippen molar-refractivity contribution in [2.24, 2.45) is 23.2 Å². The Hall–Kier alpha value is -3.31. The Bertz CT molecular complexity index is 777. The van der Waals surface area contributed by atoms with E-state index in [2.05, 4.69) is 10.2 Å². The molecule has 0 fully saturated rings. The maximum atomic E-state index is 11.3. The van der Waals surface area contributed by atoms with E-state index in [9.17, 15) is 14.4 Å². The number of hydrogen-bond donors (Lipinski definition) is 4. The van der Waals surface area contributed by atoms with Crippen molar-refractivity contribution in [3.8, 4) is 0 Å². The number of fused-ring (bicyclic) bond motifs is 1. The van der Waals surface area contributed by atoms with Gasteiger partial charge in [0.2, 0.25) is 0 Å². The summed E-state index contributed by atoms with van der Waals surface area (Å²) in [5, 5.41) is 9.22. The van der Waals surface area contributed by atoms with Gasteiger partial charge in [-0.1, -0.05) is 0 Å². The van der Waals surface area contributed by atoms with Crippen LogP contribution < -0.4 is 33.2 Å². The number of amides is 4. The minimum atomic E-state index is -1.01. The monoisotopic (exact) mass is 304 g/mol. The van der Waals surface area contributed by atoms with Crippen LogP contribution in [-0.2, 0) is 0 Å². The molecule has 0 aliphatic carbocycles. The lowest BCUT2D eigenvalue weighted by Crippen LogP contribution is -2.46. The Morgan fingerprint density at radius 1 is 1.05 bits per heavy atom. The first kappa shape index (κ1) is 15.1. The zero-order chi connectivity index (χ0) is 16.4. The van der Waals surface area contributed by atoms with Gasteiger partial charge in [-0.2, -0.15) is 5.10 Å². The number of carbonyl (C=O) groups excluding carboxylic acids is 3. The molecule has 0 saturated carbocycles. The quantitative estimate of drug-likeness (QED) is 0.241. The van der Waals surface area contributed by atoms with Crippen LogP contribution in [0.5, 0.6) is 0 Å². The largest absolute Gasteiger partial charge is 0.350 e. The summed E-state index contributed by atoms with van der Waals surface area (Å²) in [7, 11) is 0. The number of rotatable bonds is 3. The minimum absolute atomic E-state index is 0.00569. The lowest BCUT2D eigenvalue weighted by atomic mass is 10.1. The first-order chi connectivity index (χ1) is 10.4. The third kappa shape index (κ3) is 2.48. The van der Waals surface area contributed by atoms with Crippen molar-refractivity contribution in [1.29, 1.82) is 0 Å². The van der Waals surface area contributed by atoms with Gasteiger partial charge in [0.1, 0.15) is 5.69 Å². The number of aromatic nitrogens is 2. The summed E-state index contributed by atoms with van der Waals surface area (Å²) in [5.41, 5.74) is 10.2. The highest BCUT2D eigenvalue weighted by molar-refractivity contribution is 6.06. The summed E-state index contributed by atoms with van der Waals surface area (Å²) < 4.78 is 0. The van der Waals surface area contributed by atoms with Crippen LogP contribution in [0, 0.1) is 0 Å². The van der Waals surface area contributed by atoms with E-state index in [-0.39, 0.29) is 17.1 Å². The maximum absolute atomic E-state index is 11.3. The summed E-state index contributed by atoms with van der Waals surface area (Å²) in [6, 6.07) is 0.709. The molecule has 0 aliphatic heterocycles. The molecule has 0 saturated heterocycles. The first-order valence-corrected chi connectivity index (χ1v) is 5.80. The molecule has 4 amide bonds. The Morgan fingerprint density at radius 2 is 1.59 bits per heavy atom. The molecule has 0 atom stereocenters. The number of hydrogen-bond acceptors (Lipinski definition) is 7. The van der Waals surface area contributed by atoms with Crippen molar-refractivity contribution in [2.75, 3.05) is 10.0 Å². The smallest absolute Gasteiger partial charge is 0.333 e. The van der Waals surface area contributed by atoms with E-state index in [4.69, 9.17) is 23.2 Å².